The van der Waals surface area contributed by atoms with E-state index in [0.717, 1.165) is 6.29 Å². The minimum Gasteiger partial charge on any atom is 0 e. The molecule has 0 heterocycles. The van der Waals surface area contributed by atoms with Gasteiger partial charge < -0.3 is 4.79 Å². The van der Waals surface area contributed by atoms with Gasteiger partial charge in [0.1, 0.15) is 6.29 Å². The zero-order valence-electron chi connectivity index (χ0n) is 7.37. The van der Waals surface area contributed by atoms with Crippen molar-refractivity contribution in [3.05, 3.63) is 45.6 Å². The van der Waals surface area contributed by atoms with Crippen molar-refractivity contribution in [2.75, 3.05) is 0 Å². The standard InChI is InChI=1S/C6H8O.3CO.Ru/c1-2-3-4-5-6-7;3*1-2;/h2-6H,1H3;;;;. The second kappa shape index (κ2) is 81.4. The molecule has 0 N–H and O–H groups in total. The van der Waals surface area contributed by atoms with Crippen LogP contribution in [0, 0.1) is 45.6 Å². The van der Waals surface area contributed by atoms with Gasteiger partial charge in [-0.25, -0.2) is 0 Å². The Kier molecular flexibility index (Phi) is 170. The van der Waals surface area contributed by atoms with Gasteiger partial charge in [-0.3, -0.25) is 0 Å². The van der Waals surface area contributed by atoms with Crippen molar-refractivity contribution in [1.82, 2.24) is 0 Å². The molecule has 5 heteroatoms. The molecule has 0 unspecified atom stereocenters. The number of hydrogen-bond acceptors (Lipinski definition) is 1. The molecule has 0 fully saturated rings. The van der Waals surface area contributed by atoms with E-state index in [0.29, 0.717) is 0 Å². The van der Waals surface area contributed by atoms with Crippen LogP contribution in [0.3, 0.4) is 0 Å². The molecule has 0 aliphatic rings. The van der Waals surface area contributed by atoms with Crippen molar-refractivity contribution < 1.29 is 38.2 Å². The molecule has 0 aliphatic heterocycles. The molecule has 0 rings (SSSR count). The summed E-state index contributed by atoms with van der Waals surface area (Å²) in [5.41, 5.74) is 0. The van der Waals surface area contributed by atoms with E-state index in [-0.39, 0.29) is 19.5 Å². The third-order valence-electron chi connectivity index (χ3n) is 0.493. The summed E-state index contributed by atoms with van der Waals surface area (Å²) in [6, 6.07) is 0. The predicted molar refractivity (Wildman–Crippen MR) is 40.7 cm³/mol. The summed E-state index contributed by atoms with van der Waals surface area (Å²) in [5.74, 6) is 0. The normalized spacial score (nSPS) is 4.79. The van der Waals surface area contributed by atoms with Crippen LogP contribution >= 0.6 is 0 Å². The Hall–Kier alpha value is -0.487. The van der Waals surface area contributed by atoms with Crippen LogP contribution in [0.1, 0.15) is 6.92 Å². The molecule has 14 heavy (non-hydrogen) atoms. The average molecular weight is 281 g/mol. The fraction of sp³-hybridized carbons (Fsp3) is 0.111. The van der Waals surface area contributed by atoms with Crippen molar-refractivity contribution in [3.63, 3.8) is 0 Å². The molecule has 76 valence electrons. The van der Waals surface area contributed by atoms with Crippen LogP contribution in [-0.4, -0.2) is 6.29 Å². The van der Waals surface area contributed by atoms with E-state index in [4.69, 9.17) is 14.0 Å². The second-order valence-electron chi connectivity index (χ2n) is 1.05. The molecular formula is C9H8O4Ru. The van der Waals surface area contributed by atoms with Gasteiger partial charge in [-0.15, -0.1) is 0 Å². The molecule has 0 saturated heterocycles. The SMILES string of the molecule is C[CH][CH][CH][CH]C=O.[C-]#[O+].[C-]#[O+].[C-]#[O+].[Ru]. The molecule has 0 spiro atoms. The Morgan fingerprint density at radius 2 is 1.21 bits per heavy atom. The smallest absolute Gasteiger partial charge is 0 e. The van der Waals surface area contributed by atoms with Crippen molar-refractivity contribution in [2.24, 2.45) is 0 Å². The number of hydrogen-bond donors (Lipinski definition) is 0. The van der Waals surface area contributed by atoms with Gasteiger partial charge in [-0.05, 0) is 19.3 Å². The number of rotatable bonds is 4. The predicted octanol–water partition coefficient (Wildman–Crippen LogP) is 0.907. The van der Waals surface area contributed by atoms with Crippen LogP contribution < -0.4 is 0 Å². The van der Waals surface area contributed by atoms with Crippen molar-refractivity contribution in [2.45, 2.75) is 6.92 Å². The van der Waals surface area contributed by atoms with E-state index in [1.54, 1.807) is 12.8 Å². The zero-order valence-corrected chi connectivity index (χ0v) is 9.11. The first-order valence-electron chi connectivity index (χ1n) is 2.76. The average Bonchev–Trinajstić information content (AvgIpc) is 2.27. The molecule has 0 aliphatic carbocycles. The quantitative estimate of drug-likeness (QED) is 0.248. The minimum absolute atomic E-state index is 0. The second-order valence-corrected chi connectivity index (χ2v) is 1.05. The summed E-state index contributed by atoms with van der Waals surface area (Å²) in [4.78, 5) is 9.56. The maximum absolute atomic E-state index is 9.56. The molecular weight excluding hydrogens is 273 g/mol. The Labute approximate surface area is 97.4 Å². The van der Waals surface area contributed by atoms with Gasteiger partial charge in [-0.2, -0.15) is 0 Å². The molecule has 0 bridgehead atoms. The van der Waals surface area contributed by atoms with Crippen LogP contribution in [0.2, 0.25) is 0 Å². The first kappa shape index (κ1) is 29.2. The number of carbonyl (C=O) groups excluding carboxylic acids is 1. The molecule has 0 aromatic heterocycles. The summed E-state index contributed by atoms with van der Waals surface area (Å²) < 4.78 is 22.5. The molecule has 0 atom stereocenters. The van der Waals surface area contributed by atoms with Crippen LogP contribution in [0.4, 0.5) is 0 Å². The maximum Gasteiger partial charge on any atom is 0 e. The van der Waals surface area contributed by atoms with Crippen molar-refractivity contribution in [3.8, 4) is 0 Å². The Morgan fingerprint density at radius 1 is 0.857 bits per heavy atom. The van der Waals surface area contributed by atoms with Crippen LogP contribution in [0.15, 0.2) is 0 Å². The molecule has 0 saturated carbocycles. The number of unbranched alkanes of at least 4 members (excludes halogenated alkanes) is 3. The third kappa shape index (κ3) is 103. The summed E-state index contributed by atoms with van der Waals surface area (Å²) in [7, 11) is 0. The summed E-state index contributed by atoms with van der Waals surface area (Å²) in [6.45, 7) is 15.4. The van der Waals surface area contributed by atoms with E-state index in [1.165, 1.54) is 6.42 Å². The van der Waals surface area contributed by atoms with Crippen molar-refractivity contribution in [1.29, 1.82) is 0 Å². The monoisotopic (exact) mass is 282 g/mol. The maximum atomic E-state index is 9.56. The fourth-order valence-electron chi connectivity index (χ4n) is 0.221. The Morgan fingerprint density at radius 3 is 1.43 bits per heavy atom. The number of aldehydes is 1. The van der Waals surface area contributed by atoms with E-state index in [2.05, 4.69) is 20.0 Å². The Balaban J connectivity index is -0.0000000332. The van der Waals surface area contributed by atoms with Gasteiger partial charge in [0, 0.05) is 25.9 Å². The van der Waals surface area contributed by atoms with Crippen LogP contribution in [0.25, 0.3) is 0 Å². The molecule has 0 aromatic rings. The summed E-state index contributed by atoms with van der Waals surface area (Å²) >= 11 is 0. The summed E-state index contributed by atoms with van der Waals surface area (Å²) in [6.07, 6.45) is 7.54. The first-order valence-corrected chi connectivity index (χ1v) is 2.76. The minimum atomic E-state index is 0. The molecule has 0 aromatic carbocycles. The topological polar surface area (TPSA) is 76.8 Å². The van der Waals surface area contributed by atoms with Gasteiger partial charge >= 0.3 is 33.9 Å². The van der Waals surface area contributed by atoms with Gasteiger partial charge in [0.2, 0.25) is 0 Å². The largest absolute Gasteiger partial charge is 0 e. The van der Waals surface area contributed by atoms with Crippen molar-refractivity contribution >= 4 is 6.29 Å². The van der Waals surface area contributed by atoms with E-state index < -0.39 is 0 Å². The first-order chi connectivity index (χ1) is 6.41. The summed E-state index contributed by atoms with van der Waals surface area (Å²) in [5, 5.41) is 0. The fourth-order valence-corrected chi connectivity index (χ4v) is 0.221. The van der Waals surface area contributed by atoms with Crippen LogP contribution in [0.5, 0.6) is 0 Å². The Bertz CT molecular complexity index is 114. The number of carbonyl (C=O) groups is 1. The van der Waals surface area contributed by atoms with E-state index in [1.807, 2.05) is 13.3 Å². The molecule has 4 nitrogen and oxygen atoms in total. The molecule has 0 amide bonds. The van der Waals surface area contributed by atoms with Gasteiger partial charge in [-0.1, -0.05) is 6.92 Å². The van der Waals surface area contributed by atoms with Crippen LogP contribution in [-0.2, 0) is 38.2 Å². The van der Waals surface area contributed by atoms with Gasteiger partial charge in [0.15, 0.2) is 0 Å². The van der Waals surface area contributed by atoms with E-state index in [9.17, 15) is 4.79 Å². The molecule has 4 radical (unpaired) electrons. The third-order valence-corrected chi connectivity index (χ3v) is 0.493. The zero-order chi connectivity index (χ0) is 11.5. The van der Waals surface area contributed by atoms with E-state index >= 15 is 0 Å². The van der Waals surface area contributed by atoms with Gasteiger partial charge in [0.05, 0.1) is 0 Å². The van der Waals surface area contributed by atoms with Gasteiger partial charge in [0.25, 0.3) is 0 Å².